The minimum atomic E-state index is -1.30. The van der Waals surface area contributed by atoms with Crippen LogP contribution in [0.4, 0.5) is 0 Å². The maximum absolute atomic E-state index is 8.92. The first-order chi connectivity index (χ1) is 4.63. The smallest absolute Gasteiger partial charge is 0.133 e. The molecule has 10 heavy (non-hydrogen) atoms. The molecular weight excluding hydrogens is 138 g/mol. The van der Waals surface area contributed by atoms with Crippen molar-refractivity contribution >= 4 is 0 Å². The van der Waals surface area contributed by atoms with Gasteiger partial charge in [0, 0.05) is 6.54 Å². The van der Waals surface area contributed by atoms with E-state index in [0.717, 1.165) is 0 Å². The maximum atomic E-state index is 8.92. The molecule has 5 heteroatoms. The quantitative estimate of drug-likeness (QED) is 0.253. The summed E-state index contributed by atoms with van der Waals surface area (Å²) in [5.74, 6) is 0. The molecule has 0 spiro atoms. The van der Waals surface area contributed by atoms with Crippen molar-refractivity contribution in [1.82, 2.24) is 5.32 Å². The van der Waals surface area contributed by atoms with E-state index >= 15 is 0 Å². The summed E-state index contributed by atoms with van der Waals surface area (Å²) < 4.78 is 0. The molecule has 0 radical (unpaired) electrons. The van der Waals surface area contributed by atoms with Crippen LogP contribution in [0.2, 0.25) is 0 Å². The normalized spacial score (nSPS) is 49.2. The molecule has 0 unspecified atom stereocenters. The van der Waals surface area contributed by atoms with Crippen molar-refractivity contribution in [1.29, 1.82) is 0 Å². The molecule has 1 saturated heterocycles. The monoisotopic (exact) mass is 149 g/mol. The molecule has 1 fully saturated rings. The Balaban J connectivity index is 2.52. The molecule has 1 aliphatic heterocycles. The molecule has 0 aromatic heterocycles. The predicted octanol–water partition coefficient (Wildman–Crippen LogP) is -3.01. The van der Waals surface area contributed by atoms with E-state index in [-0.39, 0.29) is 6.54 Å². The Labute approximate surface area is 57.9 Å². The molecule has 60 valence electrons. The fourth-order valence-electron chi connectivity index (χ4n) is 0.897. The minimum absolute atomic E-state index is 0.0966. The molecule has 0 aromatic carbocycles. The Bertz CT molecular complexity index is 106. The summed E-state index contributed by atoms with van der Waals surface area (Å²) in [6, 6.07) is 0. The second-order valence-corrected chi connectivity index (χ2v) is 2.40. The van der Waals surface area contributed by atoms with Gasteiger partial charge in [-0.2, -0.15) is 0 Å². The SMILES string of the molecule is O[C@@H]1[C@@H](O)[C@H](O)NC[C@H]1O. The summed E-state index contributed by atoms with van der Waals surface area (Å²) in [7, 11) is 0. The second-order valence-electron chi connectivity index (χ2n) is 2.40. The van der Waals surface area contributed by atoms with Gasteiger partial charge >= 0.3 is 0 Å². The average molecular weight is 149 g/mol. The van der Waals surface area contributed by atoms with Gasteiger partial charge in [0.15, 0.2) is 0 Å². The van der Waals surface area contributed by atoms with E-state index < -0.39 is 24.5 Å². The van der Waals surface area contributed by atoms with Crippen LogP contribution >= 0.6 is 0 Å². The van der Waals surface area contributed by atoms with Gasteiger partial charge in [-0.1, -0.05) is 0 Å². The van der Waals surface area contributed by atoms with Gasteiger partial charge in [-0.05, 0) is 0 Å². The summed E-state index contributed by atoms with van der Waals surface area (Å²) in [6.07, 6.45) is -4.70. The standard InChI is InChI=1S/C5H11NO4/c7-2-1-6-5(10)4(9)3(2)8/h2-10H,1H2/t2-,3+,4-,5+/m1/s1. The van der Waals surface area contributed by atoms with Crippen LogP contribution in [0.15, 0.2) is 0 Å². The van der Waals surface area contributed by atoms with Crippen LogP contribution in [0.3, 0.4) is 0 Å². The number of β-amino-alcohol motifs (C(OH)–C–C–N with tert-alkyl or cyclic N) is 1. The topological polar surface area (TPSA) is 93.0 Å². The zero-order valence-electron chi connectivity index (χ0n) is 5.31. The van der Waals surface area contributed by atoms with Crippen molar-refractivity contribution in [3.8, 4) is 0 Å². The molecule has 0 aromatic rings. The van der Waals surface area contributed by atoms with Gasteiger partial charge in [-0.25, -0.2) is 0 Å². The van der Waals surface area contributed by atoms with Crippen molar-refractivity contribution < 1.29 is 20.4 Å². The highest BCUT2D eigenvalue weighted by molar-refractivity contribution is 4.86. The van der Waals surface area contributed by atoms with Gasteiger partial charge < -0.3 is 20.4 Å². The number of hydrogen-bond donors (Lipinski definition) is 5. The van der Waals surface area contributed by atoms with Crippen LogP contribution in [0.5, 0.6) is 0 Å². The Morgan fingerprint density at radius 2 is 1.60 bits per heavy atom. The van der Waals surface area contributed by atoms with Crippen molar-refractivity contribution in [3.63, 3.8) is 0 Å². The highest BCUT2D eigenvalue weighted by Gasteiger charge is 2.34. The van der Waals surface area contributed by atoms with E-state index in [1.165, 1.54) is 0 Å². The zero-order valence-corrected chi connectivity index (χ0v) is 5.31. The summed E-state index contributed by atoms with van der Waals surface area (Å²) in [5, 5.41) is 37.9. The highest BCUT2D eigenvalue weighted by atomic mass is 16.4. The fourth-order valence-corrected chi connectivity index (χ4v) is 0.897. The van der Waals surface area contributed by atoms with Crippen molar-refractivity contribution in [3.05, 3.63) is 0 Å². The van der Waals surface area contributed by atoms with Crippen LogP contribution in [-0.2, 0) is 0 Å². The lowest BCUT2D eigenvalue weighted by atomic mass is 10.0. The number of nitrogens with one attached hydrogen (secondary N) is 1. The molecule has 1 heterocycles. The highest BCUT2D eigenvalue weighted by Crippen LogP contribution is 2.07. The molecule has 1 aliphatic rings. The minimum Gasteiger partial charge on any atom is -0.389 e. The lowest BCUT2D eigenvalue weighted by molar-refractivity contribution is -0.139. The summed E-state index contributed by atoms with van der Waals surface area (Å²) in [4.78, 5) is 0. The molecular formula is C5H11NO4. The van der Waals surface area contributed by atoms with Crippen LogP contribution in [0.1, 0.15) is 0 Å². The Hall–Kier alpha value is -0.200. The Morgan fingerprint density at radius 3 is 2.10 bits per heavy atom. The molecule has 0 aliphatic carbocycles. The van der Waals surface area contributed by atoms with E-state index in [0.29, 0.717) is 0 Å². The van der Waals surface area contributed by atoms with Gasteiger partial charge in [0.25, 0.3) is 0 Å². The first-order valence-corrected chi connectivity index (χ1v) is 3.08. The number of piperidine rings is 1. The maximum Gasteiger partial charge on any atom is 0.133 e. The van der Waals surface area contributed by atoms with Crippen LogP contribution in [0.25, 0.3) is 0 Å². The van der Waals surface area contributed by atoms with E-state index in [4.69, 9.17) is 20.4 Å². The third kappa shape index (κ3) is 1.28. The third-order valence-corrected chi connectivity index (χ3v) is 1.60. The summed E-state index contributed by atoms with van der Waals surface area (Å²) in [5.41, 5.74) is 0. The lowest BCUT2D eigenvalue weighted by Gasteiger charge is -2.32. The molecule has 5 nitrogen and oxygen atoms in total. The molecule has 0 saturated carbocycles. The Kier molecular flexibility index (Phi) is 2.22. The van der Waals surface area contributed by atoms with E-state index in [1.807, 2.05) is 0 Å². The van der Waals surface area contributed by atoms with Gasteiger partial charge in [0.05, 0.1) is 6.10 Å². The van der Waals surface area contributed by atoms with Gasteiger partial charge in [-0.15, -0.1) is 0 Å². The molecule has 0 bridgehead atoms. The Morgan fingerprint density at radius 1 is 1.00 bits per heavy atom. The van der Waals surface area contributed by atoms with Crippen LogP contribution < -0.4 is 5.32 Å². The first-order valence-electron chi connectivity index (χ1n) is 3.08. The van der Waals surface area contributed by atoms with Gasteiger partial charge in [0.1, 0.15) is 18.4 Å². The number of rotatable bonds is 0. The lowest BCUT2D eigenvalue weighted by Crippen LogP contribution is -2.59. The van der Waals surface area contributed by atoms with Crippen LogP contribution in [0, 0.1) is 0 Å². The molecule has 5 N–H and O–H groups in total. The number of aliphatic hydroxyl groups is 4. The summed E-state index contributed by atoms with van der Waals surface area (Å²) >= 11 is 0. The van der Waals surface area contributed by atoms with Crippen molar-refractivity contribution in [2.45, 2.75) is 24.5 Å². The van der Waals surface area contributed by atoms with Crippen molar-refractivity contribution in [2.75, 3.05) is 6.54 Å². The van der Waals surface area contributed by atoms with E-state index in [2.05, 4.69) is 5.32 Å². The van der Waals surface area contributed by atoms with E-state index in [1.54, 1.807) is 0 Å². The largest absolute Gasteiger partial charge is 0.389 e. The third-order valence-electron chi connectivity index (χ3n) is 1.60. The summed E-state index contributed by atoms with van der Waals surface area (Å²) in [6.45, 7) is 0.0966. The van der Waals surface area contributed by atoms with Gasteiger partial charge in [0.2, 0.25) is 0 Å². The van der Waals surface area contributed by atoms with Gasteiger partial charge in [-0.3, -0.25) is 5.32 Å². The molecule has 4 atom stereocenters. The average Bonchev–Trinajstić information content (AvgIpc) is 1.93. The van der Waals surface area contributed by atoms with Crippen LogP contribution in [-0.4, -0.2) is 51.5 Å². The van der Waals surface area contributed by atoms with E-state index in [9.17, 15) is 0 Å². The molecule has 1 rings (SSSR count). The zero-order chi connectivity index (χ0) is 7.72. The number of hydrogen-bond acceptors (Lipinski definition) is 5. The number of aliphatic hydroxyl groups excluding tert-OH is 4. The second kappa shape index (κ2) is 2.81. The molecule has 0 amide bonds. The van der Waals surface area contributed by atoms with Crippen molar-refractivity contribution in [2.24, 2.45) is 0 Å². The predicted molar refractivity (Wildman–Crippen MR) is 32.0 cm³/mol. The fraction of sp³-hybridized carbons (Fsp3) is 1.00. The first kappa shape index (κ1) is 7.90.